The molecule has 0 bridgehead atoms. The molecule has 1 aromatic rings. The van der Waals surface area contributed by atoms with Gasteiger partial charge in [0.25, 0.3) is 0 Å². The van der Waals surface area contributed by atoms with Gasteiger partial charge in [0, 0.05) is 24.1 Å². The molecule has 14 heavy (non-hydrogen) atoms. The molecule has 0 amide bonds. The van der Waals surface area contributed by atoms with Gasteiger partial charge in [-0.3, -0.25) is 0 Å². The Labute approximate surface area is 97.5 Å². The molecule has 0 radical (unpaired) electrons. The van der Waals surface area contributed by atoms with Crippen molar-refractivity contribution in [3.8, 4) is 0 Å². The molecular weight excluding hydrogens is 262 g/mol. The van der Waals surface area contributed by atoms with Gasteiger partial charge in [0.15, 0.2) is 0 Å². The third kappa shape index (κ3) is 4.09. The predicted octanol–water partition coefficient (Wildman–Crippen LogP) is 2.76. The minimum Gasteiger partial charge on any atom is -0.396 e. The number of thiophene rings is 1. The molecule has 1 rings (SSSR count). The van der Waals surface area contributed by atoms with Crippen LogP contribution in [0.4, 0.5) is 0 Å². The second-order valence-corrected chi connectivity index (χ2v) is 5.75. The lowest BCUT2D eigenvalue weighted by molar-refractivity contribution is 0.262. The van der Waals surface area contributed by atoms with Crippen molar-refractivity contribution in [1.29, 1.82) is 0 Å². The molecule has 1 aromatic heterocycles. The predicted molar refractivity (Wildman–Crippen MR) is 64.6 cm³/mol. The maximum absolute atomic E-state index is 8.82. The molecule has 2 N–H and O–H groups in total. The summed E-state index contributed by atoms with van der Waals surface area (Å²) in [7, 11) is 0. The highest BCUT2D eigenvalue weighted by Gasteiger charge is 2.05. The van der Waals surface area contributed by atoms with Gasteiger partial charge in [0.05, 0.1) is 3.79 Å². The summed E-state index contributed by atoms with van der Waals surface area (Å²) in [5, 5.41) is 12.3. The first-order chi connectivity index (χ1) is 6.76. The number of halogens is 1. The van der Waals surface area contributed by atoms with E-state index in [-0.39, 0.29) is 6.61 Å². The van der Waals surface area contributed by atoms with Gasteiger partial charge in [-0.15, -0.1) is 11.3 Å². The van der Waals surface area contributed by atoms with Crippen molar-refractivity contribution in [1.82, 2.24) is 5.32 Å². The molecule has 80 valence electrons. The van der Waals surface area contributed by atoms with Crippen LogP contribution in [0.3, 0.4) is 0 Å². The molecule has 0 saturated carbocycles. The second-order valence-electron chi connectivity index (χ2n) is 3.20. The number of nitrogens with one attached hydrogen (secondary N) is 1. The molecule has 4 heteroatoms. The SMILES string of the molecule is CCC(CCO)NCc1ccc(Br)s1. The summed E-state index contributed by atoms with van der Waals surface area (Å²) >= 11 is 5.19. The summed E-state index contributed by atoms with van der Waals surface area (Å²) in [4.78, 5) is 1.33. The Kier molecular flexibility index (Phi) is 5.70. The average Bonchev–Trinajstić information content (AvgIpc) is 2.59. The van der Waals surface area contributed by atoms with Crippen molar-refractivity contribution in [2.45, 2.75) is 32.4 Å². The van der Waals surface area contributed by atoms with Crippen molar-refractivity contribution in [3.63, 3.8) is 0 Å². The van der Waals surface area contributed by atoms with Crippen LogP contribution in [0.5, 0.6) is 0 Å². The van der Waals surface area contributed by atoms with Crippen LogP contribution in [0.25, 0.3) is 0 Å². The molecule has 0 saturated heterocycles. The van der Waals surface area contributed by atoms with Gasteiger partial charge < -0.3 is 10.4 Å². The Hall–Kier alpha value is 0.1000. The zero-order chi connectivity index (χ0) is 10.4. The smallest absolute Gasteiger partial charge is 0.0701 e. The highest BCUT2D eigenvalue weighted by atomic mass is 79.9. The van der Waals surface area contributed by atoms with Crippen molar-refractivity contribution < 1.29 is 5.11 Å². The fourth-order valence-corrected chi connectivity index (χ4v) is 2.73. The summed E-state index contributed by atoms with van der Waals surface area (Å²) in [5.74, 6) is 0. The molecule has 0 aliphatic rings. The van der Waals surface area contributed by atoms with Gasteiger partial charge in [-0.1, -0.05) is 6.92 Å². The minimum atomic E-state index is 0.264. The van der Waals surface area contributed by atoms with E-state index >= 15 is 0 Å². The molecule has 0 aromatic carbocycles. The van der Waals surface area contributed by atoms with Crippen LogP contribution in [-0.2, 0) is 6.54 Å². The first-order valence-corrected chi connectivity index (χ1v) is 6.45. The zero-order valence-corrected chi connectivity index (χ0v) is 10.7. The van der Waals surface area contributed by atoms with E-state index in [0.29, 0.717) is 6.04 Å². The molecule has 0 aliphatic heterocycles. The van der Waals surface area contributed by atoms with Gasteiger partial charge in [-0.25, -0.2) is 0 Å². The molecular formula is C10H16BrNOS. The number of aliphatic hydroxyl groups excluding tert-OH is 1. The van der Waals surface area contributed by atoms with Crippen molar-refractivity contribution >= 4 is 27.3 Å². The maximum atomic E-state index is 8.82. The van der Waals surface area contributed by atoms with Crippen LogP contribution in [0.1, 0.15) is 24.6 Å². The van der Waals surface area contributed by atoms with E-state index in [1.807, 2.05) is 0 Å². The summed E-state index contributed by atoms with van der Waals surface area (Å²) in [6, 6.07) is 4.61. The van der Waals surface area contributed by atoms with E-state index in [2.05, 4.69) is 40.3 Å². The Bertz CT molecular complexity index is 264. The van der Waals surface area contributed by atoms with E-state index in [0.717, 1.165) is 19.4 Å². The van der Waals surface area contributed by atoms with Crippen molar-refractivity contribution in [2.24, 2.45) is 0 Å². The summed E-state index contributed by atoms with van der Waals surface area (Å²) in [6.45, 7) is 3.30. The summed E-state index contributed by atoms with van der Waals surface area (Å²) < 4.78 is 1.17. The molecule has 0 aliphatic carbocycles. The first-order valence-electron chi connectivity index (χ1n) is 4.84. The quantitative estimate of drug-likeness (QED) is 0.838. The van der Waals surface area contributed by atoms with Crippen molar-refractivity contribution in [3.05, 3.63) is 20.8 Å². The Morgan fingerprint density at radius 3 is 2.86 bits per heavy atom. The van der Waals surface area contributed by atoms with Crippen LogP contribution in [0.15, 0.2) is 15.9 Å². The van der Waals surface area contributed by atoms with E-state index in [1.54, 1.807) is 11.3 Å². The minimum absolute atomic E-state index is 0.264. The number of hydrogen-bond donors (Lipinski definition) is 2. The Morgan fingerprint density at radius 2 is 2.36 bits per heavy atom. The van der Waals surface area contributed by atoms with Crippen LogP contribution in [0, 0.1) is 0 Å². The zero-order valence-electron chi connectivity index (χ0n) is 8.29. The molecule has 0 spiro atoms. The number of aliphatic hydroxyl groups is 1. The monoisotopic (exact) mass is 277 g/mol. The first kappa shape index (κ1) is 12.2. The number of hydrogen-bond acceptors (Lipinski definition) is 3. The van der Waals surface area contributed by atoms with Crippen LogP contribution < -0.4 is 5.32 Å². The van der Waals surface area contributed by atoms with Crippen LogP contribution >= 0.6 is 27.3 Å². The lowest BCUT2D eigenvalue weighted by Crippen LogP contribution is -2.28. The molecule has 1 unspecified atom stereocenters. The largest absolute Gasteiger partial charge is 0.396 e. The normalized spacial score (nSPS) is 13.1. The lowest BCUT2D eigenvalue weighted by atomic mass is 10.1. The summed E-state index contributed by atoms with van der Waals surface area (Å²) in [5.41, 5.74) is 0. The standard InChI is InChI=1S/C10H16BrNOS/c1-2-8(5-6-13)12-7-9-3-4-10(11)14-9/h3-4,8,12-13H,2,5-7H2,1H3. The van der Waals surface area contributed by atoms with Gasteiger partial charge in [0.1, 0.15) is 0 Å². The topological polar surface area (TPSA) is 32.3 Å². The molecule has 1 atom stereocenters. The lowest BCUT2D eigenvalue weighted by Gasteiger charge is -2.14. The third-order valence-electron chi connectivity index (χ3n) is 2.16. The highest BCUT2D eigenvalue weighted by Crippen LogP contribution is 2.21. The van der Waals surface area contributed by atoms with E-state index < -0.39 is 0 Å². The fraction of sp³-hybridized carbons (Fsp3) is 0.600. The molecule has 0 fully saturated rings. The second kappa shape index (κ2) is 6.56. The van der Waals surface area contributed by atoms with E-state index in [1.165, 1.54) is 8.66 Å². The van der Waals surface area contributed by atoms with Crippen LogP contribution in [-0.4, -0.2) is 17.8 Å². The van der Waals surface area contributed by atoms with Gasteiger partial charge in [-0.05, 0) is 40.9 Å². The Balaban J connectivity index is 2.31. The third-order valence-corrected chi connectivity index (χ3v) is 3.79. The molecule has 2 nitrogen and oxygen atoms in total. The maximum Gasteiger partial charge on any atom is 0.0701 e. The van der Waals surface area contributed by atoms with Crippen LogP contribution in [0.2, 0.25) is 0 Å². The average molecular weight is 278 g/mol. The molecule has 1 heterocycles. The number of rotatable bonds is 6. The highest BCUT2D eigenvalue weighted by molar-refractivity contribution is 9.11. The van der Waals surface area contributed by atoms with Gasteiger partial charge in [-0.2, -0.15) is 0 Å². The Morgan fingerprint density at radius 1 is 1.57 bits per heavy atom. The van der Waals surface area contributed by atoms with E-state index in [9.17, 15) is 0 Å². The van der Waals surface area contributed by atoms with E-state index in [4.69, 9.17) is 5.11 Å². The van der Waals surface area contributed by atoms with Gasteiger partial charge in [0.2, 0.25) is 0 Å². The fourth-order valence-electron chi connectivity index (χ4n) is 1.30. The summed E-state index contributed by atoms with van der Waals surface area (Å²) in [6.07, 6.45) is 1.90. The van der Waals surface area contributed by atoms with Gasteiger partial charge >= 0.3 is 0 Å². The van der Waals surface area contributed by atoms with Crippen molar-refractivity contribution in [2.75, 3.05) is 6.61 Å².